The van der Waals surface area contributed by atoms with Crippen molar-refractivity contribution in [1.29, 1.82) is 0 Å². The number of nitrogens with zero attached hydrogens (tertiary/aromatic N) is 2. The van der Waals surface area contributed by atoms with Crippen LogP contribution in [-0.4, -0.2) is 22.6 Å². The summed E-state index contributed by atoms with van der Waals surface area (Å²) in [6, 6.07) is 0.539. The molecule has 1 aliphatic rings. The van der Waals surface area contributed by atoms with Crippen molar-refractivity contribution < 1.29 is 4.74 Å². The fraction of sp³-hybridized carbons (Fsp3) is 0.733. The van der Waals surface area contributed by atoms with Crippen molar-refractivity contribution in [1.82, 2.24) is 15.3 Å². The van der Waals surface area contributed by atoms with Gasteiger partial charge in [-0.25, -0.2) is 9.97 Å². The van der Waals surface area contributed by atoms with Crippen molar-refractivity contribution in [3.8, 4) is 6.01 Å². The summed E-state index contributed by atoms with van der Waals surface area (Å²) in [6.45, 7) is 8.27. The predicted octanol–water partition coefficient (Wildman–Crippen LogP) is 2.85. The van der Waals surface area contributed by atoms with Crippen LogP contribution in [0.1, 0.15) is 50.8 Å². The number of hydrogen-bond acceptors (Lipinski definition) is 4. The minimum Gasteiger partial charge on any atom is -0.460 e. The number of ether oxygens (including phenoxy) is 1. The van der Waals surface area contributed by atoms with Crippen LogP contribution >= 0.6 is 0 Å². The maximum atomic E-state index is 5.81. The molecule has 1 heterocycles. The molecule has 2 rings (SSSR count). The largest absolute Gasteiger partial charge is 0.460 e. The van der Waals surface area contributed by atoms with Crippen LogP contribution in [0.4, 0.5) is 0 Å². The molecule has 19 heavy (non-hydrogen) atoms. The van der Waals surface area contributed by atoms with Crippen LogP contribution in [0.3, 0.4) is 0 Å². The van der Waals surface area contributed by atoms with Crippen molar-refractivity contribution in [2.45, 2.75) is 59.1 Å². The highest BCUT2D eigenvalue weighted by molar-refractivity contribution is 5.17. The quantitative estimate of drug-likeness (QED) is 0.857. The van der Waals surface area contributed by atoms with E-state index in [2.05, 4.69) is 29.1 Å². The molecule has 1 N–H and O–H groups in total. The second-order valence-electron chi connectivity index (χ2n) is 5.81. The van der Waals surface area contributed by atoms with Gasteiger partial charge in [-0.15, -0.1) is 0 Å². The summed E-state index contributed by atoms with van der Waals surface area (Å²) in [5, 5.41) is 3.41. The highest BCUT2D eigenvalue weighted by Crippen LogP contribution is 2.22. The molecule has 1 aromatic heterocycles. The molecule has 1 aliphatic carbocycles. The second-order valence-corrected chi connectivity index (χ2v) is 5.81. The van der Waals surface area contributed by atoms with Crippen LogP contribution in [0, 0.1) is 12.8 Å². The van der Waals surface area contributed by atoms with Crippen molar-refractivity contribution in [2.75, 3.05) is 6.54 Å². The average molecular weight is 263 g/mol. The number of rotatable bonds is 6. The van der Waals surface area contributed by atoms with E-state index in [4.69, 9.17) is 4.74 Å². The first-order valence-electron chi connectivity index (χ1n) is 7.35. The highest BCUT2D eigenvalue weighted by atomic mass is 16.5. The summed E-state index contributed by atoms with van der Waals surface area (Å²) < 4.78 is 5.81. The fourth-order valence-electron chi connectivity index (χ4n) is 2.35. The molecule has 0 amide bonds. The topological polar surface area (TPSA) is 47.0 Å². The third-order valence-corrected chi connectivity index (χ3v) is 3.50. The van der Waals surface area contributed by atoms with Gasteiger partial charge in [-0.1, -0.05) is 13.8 Å². The highest BCUT2D eigenvalue weighted by Gasteiger charge is 2.17. The van der Waals surface area contributed by atoms with Gasteiger partial charge in [-0.3, -0.25) is 0 Å². The molecular formula is C15H25N3O. The van der Waals surface area contributed by atoms with E-state index in [1.54, 1.807) is 0 Å². The lowest BCUT2D eigenvalue weighted by molar-refractivity contribution is 0.191. The lowest BCUT2D eigenvalue weighted by Gasteiger charge is -2.13. The van der Waals surface area contributed by atoms with Crippen LogP contribution < -0.4 is 10.1 Å². The van der Waals surface area contributed by atoms with E-state index in [0.717, 1.165) is 37.2 Å². The monoisotopic (exact) mass is 263 g/mol. The summed E-state index contributed by atoms with van der Waals surface area (Å²) in [7, 11) is 0. The van der Waals surface area contributed by atoms with Crippen molar-refractivity contribution in [3.05, 3.63) is 17.5 Å². The Morgan fingerprint density at radius 3 is 2.74 bits per heavy atom. The Balaban J connectivity index is 1.88. The van der Waals surface area contributed by atoms with Gasteiger partial charge in [0.15, 0.2) is 0 Å². The van der Waals surface area contributed by atoms with E-state index >= 15 is 0 Å². The minimum atomic E-state index is 0.323. The van der Waals surface area contributed by atoms with Crippen LogP contribution in [0.5, 0.6) is 6.01 Å². The molecule has 106 valence electrons. The molecule has 4 nitrogen and oxygen atoms in total. The van der Waals surface area contributed by atoms with Crippen LogP contribution in [0.25, 0.3) is 0 Å². The molecule has 0 radical (unpaired) electrons. The van der Waals surface area contributed by atoms with Gasteiger partial charge in [0.2, 0.25) is 0 Å². The van der Waals surface area contributed by atoms with Gasteiger partial charge < -0.3 is 10.1 Å². The van der Waals surface area contributed by atoms with Gasteiger partial charge in [-0.2, -0.15) is 0 Å². The van der Waals surface area contributed by atoms with Crippen LogP contribution in [0.2, 0.25) is 0 Å². The van der Waals surface area contributed by atoms with Crippen LogP contribution in [-0.2, 0) is 6.54 Å². The minimum absolute atomic E-state index is 0.323. The molecule has 4 heteroatoms. The summed E-state index contributed by atoms with van der Waals surface area (Å²) in [5.74, 6) is 0.659. The zero-order valence-electron chi connectivity index (χ0n) is 12.3. The van der Waals surface area contributed by atoms with E-state index in [-0.39, 0.29) is 0 Å². The Bertz CT molecular complexity index is 400. The standard InChI is InChI=1S/C15H25N3O/c1-11(2)8-16-9-13-10-17-15(18-12(13)3)19-14-6-4-5-7-14/h10-11,14,16H,4-9H2,1-3H3. The van der Waals surface area contributed by atoms with E-state index in [0.29, 0.717) is 18.0 Å². The second kappa shape index (κ2) is 6.85. The Kier molecular flexibility index (Phi) is 5.14. The first-order valence-corrected chi connectivity index (χ1v) is 7.35. The lowest BCUT2D eigenvalue weighted by atomic mass is 10.2. The van der Waals surface area contributed by atoms with E-state index < -0.39 is 0 Å². The Labute approximate surface area is 116 Å². The predicted molar refractivity (Wildman–Crippen MR) is 76.2 cm³/mol. The molecule has 0 aromatic carbocycles. The first-order chi connectivity index (χ1) is 9.15. The molecule has 1 fully saturated rings. The Hall–Kier alpha value is -1.16. The Morgan fingerprint density at radius 1 is 1.37 bits per heavy atom. The molecule has 0 unspecified atom stereocenters. The molecule has 0 spiro atoms. The molecule has 0 saturated heterocycles. The number of aryl methyl sites for hydroxylation is 1. The van der Waals surface area contributed by atoms with Crippen molar-refractivity contribution >= 4 is 0 Å². The van der Waals surface area contributed by atoms with Gasteiger partial charge in [0, 0.05) is 24.0 Å². The average Bonchev–Trinajstić information content (AvgIpc) is 2.84. The first kappa shape index (κ1) is 14.3. The normalized spacial score (nSPS) is 16.2. The summed E-state index contributed by atoms with van der Waals surface area (Å²) >= 11 is 0. The number of hydrogen-bond donors (Lipinski definition) is 1. The third-order valence-electron chi connectivity index (χ3n) is 3.50. The van der Waals surface area contributed by atoms with Crippen molar-refractivity contribution in [2.24, 2.45) is 5.92 Å². The van der Waals surface area contributed by atoms with E-state index in [1.807, 2.05) is 13.1 Å². The molecular weight excluding hydrogens is 238 g/mol. The van der Waals surface area contributed by atoms with Gasteiger partial charge in [0.25, 0.3) is 0 Å². The maximum absolute atomic E-state index is 5.81. The summed E-state index contributed by atoms with van der Waals surface area (Å²) in [4.78, 5) is 8.79. The van der Waals surface area contributed by atoms with E-state index in [1.165, 1.54) is 12.8 Å². The summed E-state index contributed by atoms with van der Waals surface area (Å²) in [6.07, 6.45) is 7.02. The number of nitrogens with one attached hydrogen (secondary N) is 1. The molecule has 0 aliphatic heterocycles. The Morgan fingerprint density at radius 2 is 2.11 bits per heavy atom. The fourth-order valence-corrected chi connectivity index (χ4v) is 2.35. The van der Waals surface area contributed by atoms with Gasteiger partial charge in [0.05, 0.1) is 0 Å². The lowest BCUT2D eigenvalue weighted by Crippen LogP contribution is -2.20. The molecule has 1 aromatic rings. The molecule has 0 atom stereocenters. The summed E-state index contributed by atoms with van der Waals surface area (Å²) in [5.41, 5.74) is 2.17. The smallest absolute Gasteiger partial charge is 0.316 e. The molecule has 0 bridgehead atoms. The zero-order valence-corrected chi connectivity index (χ0v) is 12.3. The van der Waals surface area contributed by atoms with Crippen molar-refractivity contribution in [3.63, 3.8) is 0 Å². The number of aromatic nitrogens is 2. The van der Waals surface area contributed by atoms with E-state index in [9.17, 15) is 0 Å². The van der Waals surface area contributed by atoms with Gasteiger partial charge in [0.1, 0.15) is 6.10 Å². The zero-order chi connectivity index (χ0) is 13.7. The van der Waals surface area contributed by atoms with Gasteiger partial charge in [-0.05, 0) is 45.1 Å². The maximum Gasteiger partial charge on any atom is 0.316 e. The van der Waals surface area contributed by atoms with Gasteiger partial charge >= 0.3 is 6.01 Å². The third kappa shape index (κ3) is 4.46. The SMILES string of the molecule is Cc1nc(OC2CCCC2)ncc1CNCC(C)C. The molecule has 1 saturated carbocycles. The van der Waals surface area contributed by atoms with Crippen LogP contribution in [0.15, 0.2) is 6.20 Å².